The number of aromatic hydroxyl groups is 1. The predicted octanol–water partition coefficient (Wildman–Crippen LogP) is 6.20. The number of para-hydroxylation sites is 1. The van der Waals surface area contributed by atoms with Gasteiger partial charge >= 0.3 is 0 Å². The zero-order valence-corrected chi connectivity index (χ0v) is 25.1. The lowest BCUT2D eigenvalue weighted by Gasteiger charge is -2.25. The molecule has 1 atom stereocenters. The Kier molecular flexibility index (Phi) is 7.41. The fourth-order valence-electron chi connectivity index (χ4n) is 4.64. The smallest absolute Gasteiger partial charge is 0.269 e. The molecule has 2 amide bonds. The molecule has 2 heterocycles. The largest absolute Gasteiger partial charge is 0.506 e. The van der Waals surface area contributed by atoms with Crippen molar-refractivity contribution in [2.75, 3.05) is 5.75 Å². The first-order valence-corrected chi connectivity index (χ1v) is 15.1. The minimum atomic E-state index is -0.616. The number of benzene rings is 4. The second kappa shape index (κ2) is 11.2. The Bertz CT molecular complexity index is 1880. The lowest BCUT2D eigenvalue weighted by atomic mass is 10.1. The molecule has 6 rings (SSSR count). The van der Waals surface area contributed by atoms with Crippen LogP contribution in [0.15, 0.2) is 105 Å². The van der Waals surface area contributed by atoms with E-state index in [-0.39, 0.29) is 23.0 Å². The Balaban J connectivity index is 1.33. The van der Waals surface area contributed by atoms with Gasteiger partial charge in [0.15, 0.2) is 0 Å². The molecule has 1 unspecified atom stereocenters. The quantitative estimate of drug-likeness (QED) is 0.228. The molecule has 4 aromatic carbocycles. The molecular formula is C30H20Br2N4O4S. The number of amides is 2. The fraction of sp³-hybridized carbons (Fsp3) is 0.0667. The number of phenolic OH excluding ortho intramolecular Hbond substituents is 1. The van der Waals surface area contributed by atoms with Crippen molar-refractivity contribution in [1.82, 2.24) is 20.0 Å². The number of nitrogens with one attached hydrogen (secondary N) is 1. The van der Waals surface area contributed by atoms with Crippen LogP contribution < -0.4 is 11.0 Å². The summed E-state index contributed by atoms with van der Waals surface area (Å²) >= 11 is 8.03. The van der Waals surface area contributed by atoms with E-state index in [2.05, 4.69) is 37.3 Å². The van der Waals surface area contributed by atoms with Crippen molar-refractivity contribution in [2.45, 2.75) is 5.37 Å². The molecule has 1 aromatic heterocycles. The van der Waals surface area contributed by atoms with E-state index in [1.807, 2.05) is 36.4 Å². The standard InChI is InChI=1S/C30H20Br2N4O4S/c31-19-14-22(26(38)23(32)15-19)30-36(25(37)16-41-30)34-28(39)18-10-12-20(13-11-18)35-27(17-6-2-1-3-7-17)33-24-9-5-4-8-21(24)29(35)40/h1-15,30,38H,16H2,(H,34,39). The van der Waals surface area contributed by atoms with E-state index in [1.54, 1.807) is 54.6 Å². The van der Waals surface area contributed by atoms with Gasteiger partial charge in [0, 0.05) is 21.2 Å². The number of aromatic nitrogens is 2. The first-order valence-electron chi connectivity index (χ1n) is 12.4. The van der Waals surface area contributed by atoms with Crippen LogP contribution in [0.1, 0.15) is 21.3 Å². The van der Waals surface area contributed by atoms with Crippen LogP contribution >= 0.6 is 43.6 Å². The minimum Gasteiger partial charge on any atom is -0.506 e. The highest BCUT2D eigenvalue weighted by Gasteiger charge is 2.36. The molecule has 204 valence electrons. The van der Waals surface area contributed by atoms with Gasteiger partial charge in [-0.1, -0.05) is 58.4 Å². The highest BCUT2D eigenvalue weighted by molar-refractivity contribution is 9.11. The Morgan fingerprint density at radius 1 is 0.951 bits per heavy atom. The summed E-state index contributed by atoms with van der Waals surface area (Å²) in [5, 5.41) is 11.7. The molecule has 0 bridgehead atoms. The first-order chi connectivity index (χ1) is 19.8. The summed E-state index contributed by atoms with van der Waals surface area (Å²) in [5.41, 5.74) is 5.14. The van der Waals surface area contributed by atoms with E-state index >= 15 is 0 Å². The molecule has 11 heteroatoms. The number of hydrogen-bond acceptors (Lipinski definition) is 6. The zero-order chi connectivity index (χ0) is 28.7. The summed E-state index contributed by atoms with van der Waals surface area (Å²) in [4.78, 5) is 44.4. The molecule has 0 saturated carbocycles. The van der Waals surface area contributed by atoms with E-state index in [9.17, 15) is 19.5 Å². The number of carbonyl (C=O) groups is 2. The fourth-order valence-corrected chi connectivity index (χ4v) is 7.01. The van der Waals surface area contributed by atoms with Gasteiger partial charge in [0.05, 0.1) is 26.8 Å². The van der Waals surface area contributed by atoms with E-state index < -0.39 is 11.3 Å². The van der Waals surface area contributed by atoms with Gasteiger partial charge < -0.3 is 5.11 Å². The maximum Gasteiger partial charge on any atom is 0.269 e. The van der Waals surface area contributed by atoms with Gasteiger partial charge in [0.25, 0.3) is 17.4 Å². The van der Waals surface area contributed by atoms with Gasteiger partial charge in [-0.15, -0.1) is 11.8 Å². The number of nitrogens with zero attached hydrogens (tertiary/aromatic N) is 3. The average Bonchev–Trinajstić information content (AvgIpc) is 3.34. The number of carbonyl (C=O) groups excluding carboxylic acids is 2. The number of rotatable bonds is 5. The van der Waals surface area contributed by atoms with E-state index in [0.717, 1.165) is 5.56 Å². The maximum atomic E-state index is 13.6. The Hall–Kier alpha value is -3.93. The third-order valence-electron chi connectivity index (χ3n) is 6.61. The highest BCUT2D eigenvalue weighted by Crippen LogP contribution is 2.44. The van der Waals surface area contributed by atoms with Crippen molar-refractivity contribution in [2.24, 2.45) is 0 Å². The van der Waals surface area contributed by atoms with Gasteiger partial charge in [0.1, 0.15) is 16.9 Å². The maximum absolute atomic E-state index is 13.6. The molecule has 41 heavy (non-hydrogen) atoms. The van der Waals surface area contributed by atoms with Crippen LogP contribution in [0.5, 0.6) is 5.75 Å². The zero-order valence-electron chi connectivity index (χ0n) is 21.1. The molecule has 8 nitrogen and oxygen atoms in total. The third-order valence-corrected chi connectivity index (χ3v) is 8.87. The van der Waals surface area contributed by atoms with Crippen molar-refractivity contribution in [3.05, 3.63) is 121 Å². The first kappa shape index (κ1) is 27.3. The second-order valence-electron chi connectivity index (χ2n) is 9.20. The van der Waals surface area contributed by atoms with Gasteiger partial charge in [0.2, 0.25) is 0 Å². The topological polar surface area (TPSA) is 105 Å². The molecule has 1 saturated heterocycles. The van der Waals surface area contributed by atoms with Crippen molar-refractivity contribution in [3.8, 4) is 22.8 Å². The molecule has 2 N–H and O–H groups in total. The van der Waals surface area contributed by atoms with Crippen molar-refractivity contribution in [1.29, 1.82) is 0 Å². The lowest BCUT2D eigenvalue weighted by Crippen LogP contribution is -2.44. The van der Waals surface area contributed by atoms with Gasteiger partial charge in [-0.05, 0) is 64.5 Å². The van der Waals surface area contributed by atoms with Crippen molar-refractivity contribution in [3.63, 3.8) is 0 Å². The van der Waals surface area contributed by atoms with Crippen LogP contribution in [0.2, 0.25) is 0 Å². The number of fused-ring (bicyclic) bond motifs is 1. The van der Waals surface area contributed by atoms with Crippen molar-refractivity contribution >= 4 is 66.3 Å². The summed E-state index contributed by atoms with van der Waals surface area (Å²) in [7, 11) is 0. The van der Waals surface area contributed by atoms with Crippen LogP contribution in [0.3, 0.4) is 0 Å². The van der Waals surface area contributed by atoms with Gasteiger partial charge in [-0.2, -0.15) is 0 Å². The predicted molar refractivity (Wildman–Crippen MR) is 166 cm³/mol. The summed E-state index contributed by atoms with van der Waals surface area (Å²) in [6, 6.07) is 26.6. The highest BCUT2D eigenvalue weighted by atomic mass is 79.9. The van der Waals surface area contributed by atoms with E-state index in [1.165, 1.54) is 21.3 Å². The van der Waals surface area contributed by atoms with Gasteiger partial charge in [-0.25, -0.2) is 9.99 Å². The summed E-state index contributed by atoms with van der Waals surface area (Å²) < 4.78 is 2.72. The third kappa shape index (κ3) is 5.16. The van der Waals surface area contributed by atoms with Gasteiger partial charge in [-0.3, -0.25) is 24.4 Å². The summed E-state index contributed by atoms with van der Waals surface area (Å²) in [6.45, 7) is 0. The van der Waals surface area contributed by atoms with Crippen LogP contribution in [0.25, 0.3) is 28.0 Å². The van der Waals surface area contributed by atoms with Crippen LogP contribution in [0.4, 0.5) is 0 Å². The Morgan fingerprint density at radius 2 is 1.66 bits per heavy atom. The molecule has 1 aliphatic rings. The summed E-state index contributed by atoms with van der Waals surface area (Å²) in [6.07, 6.45) is 0. The molecular weight excluding hydrogens is 672 g/mol. The molecule has 1 aliphatic heterocycles. The second-order valence-corrected chi connectivity index (χ2v) is 12.0. The monoisotopic (exact) mass is 690 g/mol. The molecule has 0 spiro atoms. The van der Waals surface area contributed by atoms with Crippen LogP contribution in [0, 0.1) is 0 Å². The lowest BCUT2D eigenvalue weighted by molar-refractivity contribution is -0.130. The average molecular weight is 692 g/mol. The minimum absolute atomic E-state index is 0.00680. The normalized spacial score (nSPS) is 14.9. The Labute approximate surface area is 255 Å². The number of hydrogen-bond donors (Lipinski definition) is 2. The SMILES string of the molecule is O=C(NN1C(=O)CSC1c1cc(Br)cc(Br)c1O)c1ccc(-n2c(-c3ccccc3)nc3ccccc3c2=O)cc1. The van der Waals surface area contributed by atoms with Crippen LogP contribution in [-0.2, 0) is 4.79 Å². The Morgan fingerprint density at radius 3 is 2.41 bits per heavy atom. The molecule has 0 aliphatic carbocycles. The number of phenols is 1. The van der Waals surface area contributed by atoms with E-state index in [0.29, 0.717) is 42.5 Å². The molecule has 5 aromatic rings. The number of hydrazine groups is 1. The number of halogens is 2. The van der Waals surface area contributed by atoms with Crippen molar-refractivity contribution < 1.29 is 14.7 Å². The molecule has 1 fully saturated rings. The summed E-state index contributed by atoms with van der Waals surface area (Å²) in [5.74, 6) is -0.171. The van der Waals surface area contributed by atoms with Crippen LogP contribution in [-0.4, -0.2) is 37.2 Å². The number of thioether (sulfide) groups is 1. The van der Waals surface area contributed by atoms with E-state index in [4.69, 9.17) is 4.98 Å². The molecule has 0 radical (unpaired) electrons.